The van der Waals surface area contributed by atoms with Gasteiger partial charge in [-0.1, -0.05) is 98.3 Å². The molecule has 0 aliphatic heterocycles. The van der Waals surface area contributed by atoms with Gasteiger partial charge in [-0.2, -0.15) is 10.5 Å². The molecule has 6 rings (SSSR count). The summed E-state index contributed by atoms with van der Waals surface area (Å²) in [5.74, 6) is 0. The van der Waals surface area contributed by atoms with Gasteiger partial charge in [0.25, 0.3) is 0 Å². The molecule has 0 spiro atoms. The van der Waals surface area contributed by atoms with Crippen LogP contribution in [0.2, 0.25) is 0 Å². The molecule has 0 saturated heterocycles. The number of hydrogen-bond donors (Lipinski definition) is 0. The van der Waals surface area contributed by atoms with Crippen molar-refractivity contribution in [1.82, 2.24) is 0 Å². The van der Waals surface area contributed by atoms with Crippen LogP contribution < -0.4 is 0 Å². The molecule has 2 nitrogen and oxygen atoms in total. The number of nitrogens with zero attached hydrogens (tertiary/aromatic N) is 2. The fourth-order valence-electron chi connectivity index (χ4n) is 7.14. The summed E-state index contributed by atoms with van der Waals surface area (Å²) in [6.45, 7) is 13.3. The van der Waals surface area contributed by atoms with Crippen LogP contribution in [0.25, 0.3) is 44.5 Å². The molecule has 0 aliphatic rings. The van der Waals surface area contributed by atoms with Crippen molar-refractivity contribution in [3.63, 3.8) is 0 Å². The molecule has 0 unspecified atom stereocenters. The Morgan fingerprint density at radius 1 is 0.449 bits per heavy atom. The average molecular weight is 635 g/mol. The SMILES string of the molecule is CCCc1c(-c2ccc(C#N)cc2)ccc(-c2ccc(Cc3ccc(-c4ccc(-c5ccc(C#N)cc5)c(C)c4C)cc3C)c(C)c2)c1C. The Morgan fingerprint density at radius 3 is 1.27 bits per heavy atom. The normalized spacial score (nSPS) is 10.9. The molecule has 0 bridgehead atoms. The minimum absolute atomic E-state index is 0.680. The highest BCUT2D eigenvalue weighted by molar-refractivity contribution is 5.79. The molecule has 49 heavy (non-hydrogen) atoms. The van der Waals surface area contributed by atoms with E-state index in [1.54, 1.807) is 0 Å². The van der Waals surface area contributed by atoms with Crippen LogP contribution in [-0.2, 0) is 12.8 Å². The van der Waals surface area contributed by atoms with Gasteiger partial charge in [0.1, 0.15) is 0 Å². The summed E-state index contributed by atoms with van der Waals surface area (Å²) in [5, 5.41) is 18.4. The maximum Gasteiger partial charge on any atom is 0.0991 e. The minimum Gasteiger partial charge on any atom is -0.192 e. The lowest BCUT2D eigenvalue weighted by Gasteiger charge is -2.18. The second kappa shape index (κ2) is 14.2. The molecular formula is C47H42N2. The third kappa shape index (κ3) is 6.69. The second-order valence-electron chi connectivity index (χ2n) is 13.3. The smallest absolute Gasteiger partial charge is 0.0991 e. The first kappa shape index (κ1) is 33.2. The molecule has 6 aromatic carbocycles. The number of hydrogen-bond acceptors (Lipinski definition) is 2. The lowest BCUT2D eigenvalue weighted by molar-refractivity contribution is 0.915. The fourth-order valence-corrected chi connectivity index (χ4v) is 7.14. The highest BCUT2D eigenvalue weighted by Crippen LogP contribution is 2.36. The van der Waals surface area contributed by atoms with E-state index in [-0.39, 0.29) is 0 Å². The predicted octanol–water partition coefficient (Wildman–Crippen LogP) is 12.2. The van der Waals surface area contributed by atoms with E-state index in [4.69, 9.17) is 0 Å². The van der Waals surface area contributed by atoms with Gasteiger partial charge in [-0.15, -0.1) is 0 Å². The van der Waals surface area contributed by atoms with Crippen LogP contribution in [0, 0.1) is 57.3 Å². The highest BCUT2D eigenvalue weighted by atomic mass is 14.2. The number of aryl methyl sites for hydroxylation is 2. The fraction of sp³-hybridized carbons (Fsp3) is 0.191. The highest BCUT2D eigenvalue weighted by Gasteiger charge is 2.15. The average Bonchev–Trinajstić information content (AvgIpc) is 3.12. The second-order valence-corrected chi connectivity index (χ2v) is 13.3. The summed E-state index contributed by atoms with van der Waals surface area (Å²) < 4.78 is 0. The lowest BCUT2D eigenvalue weighted by atomic mass is 9.86. The number of rotatable bonds is 8. The largest absolute Gasteiger partial charge is 0.192 e. The van der Waals surface area contributed by atoms with E-state index < -0.39 is 0 Å². The van der Waals surface area contributed by atoms with Gasteiger partial charge < -0.3 is 0 Å². The van der Waals surface area contributed by atoms with Crippen LogP contribution in [0.4, 0.5) is 0 Å². The predicted molar refractivity (Wildman–Crippen MR) is 205 cm³/mol. The van der Waals surface area contributed by atoms with E-state index in [1.807, 2.05) is 36.4 Å². The van der Waals surface area contributed by atoms with Crippen molar-refractivity contribution in [3.05, 3.63) is 165 Å². The van der Waals surface area contributed by atoms with E-state index in [1.165, 1.54) is 77.9 Å². The Bertz CT molecular complexity index is 2260. The quantitative estimate of drug-likeness (QED) is 0.167. The standard InChI is InChI=1S/C47H42N2/c1-7-8-46-34(6)45(23-24-47(46)38-15-11-36(29-49)12-16-38)42-20-18-40(31(3)26-42)27-39-17-19-41(25-30(39)2)44-22-21-43(32(4)33(44)5)37-13-9-35(28-48)10-14-37/h9-26H,7-8,27H2,1-6H3. The maximum absolute atomic E-state index is 9.25. The first-order valence-electron chi connectivity index (χ1n) is 17.2. The van der Waals surface area contributed by atoms with Crippen molar-refractivity contribution in [2.75, 3.05) is 0 Å². The van der Waals surface area contributed by atoms with E-state index in [9.17, 15) is 10.5 Å². The van der Waals surface area contributed by atoms with Gasteiger partial charge >= 0.3 is 0 Å². The van der Waals surface area contributed by atoms with Gasteiger partial charge in [0.2, 0.25) is 0 Å². The van der Waals surface area contributed by atoms with Crippen LogP contribution in [-0.4, -0.2) is 0 Å². The van der Waals surface area contributed by atoms with Gasteiger partial charge in [0.05, 0.1) is 23.3 Å². The topological polar surface area (TPSA) is 47.6 Å². The molecule has 0 atom stereocenters. The van der Waals surface area contributed by atoms with Gasteiger partial charge in [0, 0.05) is 0 Å². The zero-order valence-corrected chi connectivity index (χ0v) is 29.4. The Hall–Kier alpha value is -5.70. The molecule has 0 fully saturated rings. The molecule has 6 aromatic rings. The zero-order chi connectivity index (χ0) is 34.7. The molecule has 0 heterocycles. The van der Waals surface area contributed by atoms with E-state index in [2.05, 4.69) is 126 Å². The van der Waals surface area contributed by atoms with Crippen LogP contribution in [0.15, 0.2) is 109 Å². The van der Waals surface area contributed by atoms with Crippen molar-refractivity contribution >= 4 is 0 Å². The zero-order valence-electron chi connectivity index (χ0n) is 29.4. The summed E-state index contributed by atoms with van der Waals surface area (Å²) in [4.78, 5) is 0. The Labute approximate surface area is 292 Å². The summed E-state index contributed by atoms with van der Waals surface area (Å²) in [6, 6.07) is 43.0. The van der Waals surface area contributed by atoms with Gasteiger partial charge in [-0.05, 0) is 161 Å². The molecule has 2 heteroatoms. The van der Waals surface area contributed by atoms with Crippen LogP contribution in [0.5, 0.6) is 0 Å². The first-order valence-corrected chi connectivity index (χ1v) is 17.2. The van der Waals surface area contributed by atoms with E-state index in [0.717, 1.165) is 30.4 Å². The minimum atomic E-state index is 0.680. The molecular weight excluding hydrogens is 593 g/mol. The van der Waals surface area contributed by atoms with Crippen LogP contribution in [0.3, 0.4) is 0 Å². The third-order valence-electron chi connectivity index (χ3n) is 10.2. The van der Waals surface area contributed by atoms with Crippen molar-refractivity contribution in [2.45, 2.75) is 60.8 Å². The van der Waals surface area contributed by atoms with Crippen molar-refractivity contribution in [2.24, 2.45) is 0 Å². The van der Waals surface area contributed by atoms with Gasteiger partial charge in [-0.3, -0.25) is 0 Å². The molecule has 0 N–H and O–H groups in total. The van der Waals surface area contributed by atoms with E-state index in [0.29, 0.717) is 11.1 Å². The van der Waals surface area contributed by atoms with Crippen LogP contribution >= 0.6 is 0 Å². The first-order chi connectivity index (χ1) is 23.7. The molecule has 0 saturated carbocycles. The number of nitriles is 2. The lowest BCUT2D eigenvalue weighted by Crippen LogP contribution is -1.99. The molecule has 0 aliphatic carbocycles. The Balaban J connectivity index is 1.24. The van der Waals surface area contributed by atoms with E-state index >= 15 is 0 Å². The van der Waals surface area contributed by atoms with Crippen molar-refractivity contribution in [3.8, 4) is 56.6 Å². The summed E-state index contributed by atoms with van der Waals surface area (Å²) in [7, 11) is 0. The molecule has 240 valence electrons. The van der Waals surface area contributed by atoms with Gasteiger partial charge in [0.15, 0.2) is 0 Å². The molecule has 0 aromatic heterocycles. The summed E-state index contributed by atoms with van der Waals surface area (Å²) >= 11 is 0. The Morgan fingerprint density at radius 2 is 0.837 bits per heavy atom. The van der Waals surface area contributed by atoms with Gasteiger partial charge in [-0.25, -0.2) is 0 Å². The summed E-state index contributed by atoms with van der Waals surface area (Å²) in [6.07, 6.45) is 2.99. The Kier molecular flexibility index (Phi) is 9.62. The maximum atomic E-state index is 9.25. The van der Waals surface area contributed by atoms with Crippen LogP contribution in [0.1, 0.15) is 69.0 Å². The summed E-state index contributed by atoms with van der Waals surface area (Å²) in [5.41, 5.74) is 21.7. The van der Waals surface area contributed by atoms with Crippen molar-refractivity contribution in [1.29, 1.82) is 10.5 Å². The van der Waals surface area contributed by atoms with Crippen molar-refractivity contribution < 1.29 is 0 Å². The monoisotopic (exact) mass is 634 g/mol. The molecule has 0 radical (unpaired) electrons. The third-order valence-corrected chi connectivity index (χ3v) is 10.2. The molecule has 0 amide bonds. The number of benzene rings is 6.